The molecule has 23 heavy (non-hydrogen) atoms. The zero-order valence-electron chi connectivity index (χ0n) is 14.3. The number of hydrogen-bond donors (Lipinski definition) is 2. The largest absolute Gasteiger partial charge is 0.381 e. The zero-order valence-corrected chi connectivity index (χ0v) is 17.4. The van der Waals surface area contributed by atoms with Crippen LogP contribution in [-0.4, -0.2) is 57.7 Å². The van der Waals surface area contributed by atoms with Crippen LogP contribution in [0.25, 0.3) is 0 Å². The number of sulfone groups is 1. The van der Waals surface area contributed by atoms with Crippen molar-refractivity contribution in [2.24, 2.45) is 16.8 Å². The highest BCUT2D eigenvalue weighted by Crippen LogP contribution is 2.18. The number of halogens is 1. The average molecular weight is 459 g/mol. The predicted octanol–water partition coefficient (Wildman–Crippen LogP) is 1.41. The van der Waals surface area contributed by atoms with Crippen molar-refractivity contribution in [2.75, 3.05) is 37.8 Å². The van der Waals surface area contributed by atoms with Crippen molar-refractivity contribution >= 4 is 39.8 Å². The maximum atomic E-state index is 11.5. The number of hydrogen-bond acceptors (Lipinski definition) is 4. The van der Waals surface area contributed by atoms with E-state index in [1.807, 2.05) is 0 Å². The number of guanidine groups is 1. The van der Waals surface area contributed by atoms with Crippen LogP contribution >= 0.6 is 24.0 Å². The van der Waals surface area contributed by atoms with E-state index in [4.69, 9.17) is 4.74 Å². The maximum absolute atomic E-state index is 11.5. The van der Waals surface area contributed by atoms with Crippen LogP contribution in [0.1, 0.15) is 33.6 Å². The minimum atomic E-state index is -2.83. The van der Waals surface area contributed by atoms with Crippen molar-refractivity contribution in [1.29, 1.82) is 0 Å². The van der Waals surface area contributed by atoms with Crippen LogP contribution < -0.4 is 10.6 Å². The van der Waals surface area contributed by atoms with Crippen LogP contribution in [0, 0.1) is 11.8 Å². The fourth-order valence-corrected chi connectivity index (χ4v) is 4.57. The molecule has 2 fully saturated rings. The lowest BCUT2D eigenvalue weighted by atomic mass is 10.1. The topological polar surface area (TPSA) is 79.8 Å². The van der Waals surface area contributed by atoms with Gasteiger partial charge in [-0.3, -0.25) is 4.99 Å². The second-order valence-electron chi connectivity index (χ2n) is 7.44. The van der Waals surface area contributed by atoms with Crippen molar-refractivity contribution in [3.05, 3.63) is 0 Å². The molecular weight excluding hydrogens is 429 g/mol. The first kappa shape index (κ1) is 21.0. The van der Waals surface area contributed by atoms with Crippen LogP contribution in [0.15, 0.2) is 4.99 Å². The molecular formula is C15H30IN3O3S. The van der Waals surface area contributed by atoms with Gasteiger partial charge in [0.1, 0.15) is 0 Å². The molecule has 2 aliphatic heterocycles. The smallest absolute Gasteiger partial charge is 0.191 e. The van der Waals surface area contributed by atoms with Gasteiger partial charge in [0.15, 0.2) is 15.8 Å². The molecule has 2 saturated heterocycles. The molecule has 0 radical (unpaired) electrons. The van der Waals surface area contributed by atoms with Crippen molar-refractivity contribution in [1.82, 2.24) is 10.6 Å². The second kappa shape index (κ2) is 8.84. The van der Waals surface area contributed by atoms with Crippen LogP contribution in [0.4, 0.5) is 0 Å². The Morgan fingerprint density at radius 1 is 1.26 bits per heavy atom. The summed E-state index contributed by atoms with van der Waals surface area (Å²) in [4.78, 5) is 4.61. The lowest BCUT2D eigenvalue weighted by molar-refractivity contribution is 0.186. The summed E-state index contributed by atoms with van der Waals surface area (Å²) in [7, 11) is -2.83. The third kappa shape index (κ3) is 8.02. The van der Waals surface area contributed by atoms with Gasteiger partial charge in [-0.25, -0.2) is 8.42 Å². The van der Waals surface area contributed by atoms with Crippen molar-refractivity contribution in [3.8, 4) is 0 Å². The summed E-state index contributed by atoms with van der Waals surface area (Å²) >= 11 is 0. The molecule has 2 aliphatic rings. The number of rotatable bonds is 4. The molecule has 2 heterocycles. The van der Waals surface area contributed by atoms with Gasteiger partial charge >= 0.3 is 0 Å². The van der Waals surface area contributed by atoms with Crippen molar-refractivity contribution in [3.63, 3.8) is 0 Å². The molecule has 8 heteroatoms. The van der Waals surface area contributed by atoms with Crippen LogP contribution in [0.2, 0.25) is 0 Å². The third-order valence-corrected chi connectivity index (χ3v) is 5.75. The summed E-state index contributed by atoms with van der Waals surface area (Å²) in [5.74, 6) is 2.03. The Balaban J connectivity index is 0.00000264. The molecule has 0 spiro atoms. The van der Waals surface area contributed by atoms with Crippen LogP contribution in [0.3, 0.4) is 0 Å². The molecule has 6 nitrogen and oxygen atoms in total. The molecule has 2 N–H and O–H groups in total. The van der Waals surface area contributed by atoms with Gasteiger partial charge in [0.05, 0.1) is 18.1 Å². The fourth-order valence-electron chi connectivity index (χ4n) is 2.72. The Kier molecular flexibility index (Phi) is 8.06. The molecule has 2 rings (SSSR count). The van der Waals surface area contributed by atoms with E-state index in [1.54, 1.807) is 0 Å². The normalized spacial score (nSPS) is 27.5. The SMILES string of the molecule is CC(C)(C)NC(=NCC1CCS(=O)(=O)C1)NCC1CCOC1.I. The van der Waals surface area contributed by atoms with Crippen molar-refractivity contribution < 1.29 is 13.2 Å². The summed E-state index contributed by atoms with van der Waals surface area (Å²) in [5, 5.41) is 6.75. The number of nitrogens with one attached hydrogen (secondary N) is 2. The Morgan fingerprint density at radius 2 is 2.00 bits per heavy atom. The Labute approximate surface area is 157 Å². The van der Waals surface area contributed by atoms with Gasteiger partial charge in [0, 0.05) is 31.2 Å². The lowest BCUT2D eigenvalue weighted by Gasteiger charge is -2.25. The van der Waals surface area contributed by atoms with Gasteiger partial charge < -0.3 is 15.4 Å². The summed E-state index contributed by atoms with van der Waals surface area (Å²) in [6.45, 7) is 9.30. The molecule has 0 amide bonds. The summed E-state index contributed by atoms with van der Waals surface area (Å²) < 4.78 is 28.4. The quantitative estimate of drug-likeness (QED) is 0.378. The van der Waals surface area contributed by atoms with E-state index in [-0.39, 0.29) is 41.2 Å². The van der Waals surface area contributed by atoms with Gasteiger partial charge in [-0.1, -0.05) is 0 Å². The van der Waals surface area contributed by atoms with Crippen LogP contribution in [0.5, 0.6) is 0 Å². The Bertz CT molecular complexity index is 497. The highest BCUT2D eigenvalue weighted by atomic mass is 127. The van der Waals surface area contributed by atoms with E-state index in [9.17, 15) is 8.42 Å². The van der Waals surface area contributed by atoms with E-state index < -0.39 is 9.84 Å². The molecule has 0 aliphatic carbocycles. The number of aliphatic imine (C=N–C) groups is 1. The fraction of sp³-hybridized carbons (Fsp3) is 0.933. The second-order valence-corrected chi connectivity index (χ2v) is 9.67. The van der Waals surface area contributed by atoms with Crippen LogP contribution in [-0.2, 0) is 14.6 Å². The summed E-state index contributed by atoms with van der Waals surface area (Å²) in [5.41, 5.74) is -0.0836. The molecule has 0 aromatic rings. The van der Waals surface area contributed by atoms with Gasteiger partial charge in [0.25, 0.3) is 0 Å². The molecule has 0 aromatic carbocycles. The predicted molar refractivity (Wildman–Crippen MR) is 104 cm³/mol. The number of ether oxygens (including phenoxy) is 1. The van der Waals surface area contributed by atoms with E-state index in [2.05, 4.69) is 36.4 Å². The maximum Gasteiger partial charge on any atom is 0.191 e. The molecule has 0 aromatic heterocycles. The van der Waals surface area contributed by atoms with Gasteiger partial charge in [-0.15, -0.1) is 24.0 Å². The highest BCUT2D eigenvalue weighted by molar-refractivity contribution is 14.0. The van der Waals surface area contributed by atoms with E-state index >= 15 is 0 Å². The van der Waals surface area contributed by atoms with E-state index in [0.29, 0.717) is 18.2 Å². The molecule has 2 atom stereocenters. The highest BCUT2D eigenvalue weighted by Gasteiger charge is 2.27. The first-order valence-electron chi connectivity index (χ1n) is 8.08. The van der Waals surface area contributed by atoms with Gasteiger partial charge in [-0.2, -0.15) is 0 Å². The minimum Gasteiger partial charge on any atom is -0.381 e. The first-order valence-corrected chi connectivity index (χ1v) is 9.90. The summed E-state index contributed by atoms with van der Waals surface area (Å²) in [6, 6.07) is 0. The summed E-state index contributed by atoms with van der Waals surface area (Å²) in [6.07, 6.45) is 1.81. The van der Waals surface area contributed by atoms with Crippen molar-refractivity contribution in [2.45, 2.75) is 39.2 Å². The first-order chi connectivity index (χ1) is 10.2. The van der Waals surface area contributed by atoms with E-state index in [0.717, 1.165) is 38.6 Å². The third-order valence-electron chi connectivity index (χ3n) is 3.91. The zero-order chi connectivity index (χ0) is 16.2. The number of nitrogens with zero attached hydrogens (tertiary/aromatic N) is 1. The Morgan fingerprint density at radius 3 is 2.52 bits per heavy atom. The minimum absolute atomic E-state index is 0. The monoisotopic (exact) mass is 459 g/mol. The molecule has 0 bridgehead atoms. The lowest BCUT2D eigenvalue weighted by Crippen LogP contribution is -2.49. The van der Waals surface area contributed by atoms with Gasteiger partial charge in [-0.05, 0) is 39.5 Å². The molecule has 136 valence electrons. The standard InChI is InChI=1S/C15H29N3O3S.HI/c1-15(2,3)18-14(16-8-12-4-6-21-10-12)17-9-13-5-7-22(19,20)11-13;/h12-13H,4-11H2,1-3H3,(H2,16,17,18);1H. The molecule has 0 saturated carbocycles. The molecule has 2 unspecified atom stereocenters. The van der Waals surface area contributed by atoms with E-state index in [1.165, 1.54) is 0 Å². The Hall–Kier alpha value is -0.0900. The average Bonchev–Trinajstić information content (AvgIpc) is 3.00. The van der Waals surface area contributed by atoms with Gasteiger partial charge in [0.2, 0.25) is 0 Å².